The SMILES string of the molecule is COc1ccccc1C1=NN(C(=O)c2ccccc2)[C@H](c2ccc(Br)cc2)C1. The molecule has 140 valence electrons. The van der Waals surface area contributed by atoms with Crippen LogP contribution in [0.25, 0.3) is 0 Å². The van der Waals surface area contributed by atoms with E-state index >= 15 is 0 Å². The number of nitrogens with zero attached hydrogens (tertiary/aromatic N) is 2. The monoisotopic (exact) mass is 434 g/mol. The van der Waals surface area contributed by atoms with Gasteiger partial charge in [-0.15, -0.1) is 0 Å². The van der Waals surface area contributed by atoms with Crippen molar-refractivity contribution in [1.29, 1.82) is 0 Å². The maximum absolute atomic E-state index is 13.2. The number of amides is 1. The van der Waals surface area contributed by atoms with Crippen LogP contribution in [-0.2, 0) is 0 Å². The molecule has 0 N–H and O–H groups in total. The molecule has 4 rings (SSSR count). The Labute approximate surface area is 172 Å². The number of carbonyl (C=O) groups excluding carboxylic acids is 1. The first-order chi connectivity index (χ1) is 13.7. The van der Waals surface area contributed by atoms with Gasteiger partial charge in [-0.3, -0.25) is 4.79 Å². The zero-order valence-electron chi connectivity index (χ0n) is 15.4. The number of carbonyl (C=O) groups is 1. The number of ether oxygens (including phenoxy) is 1. The first-order valence-corrected chi connectivity index (χ1v) is 9.81. The van der Waals surface area contributed by atoms with Crippen LogP contribution in [0.5, 0.6) is 5.75 Å². The third kappa shape index (κ3) is 3.58. The Morgan fingerprint density at radius 3 is 2.39 bits per heavy atom. The topological polar surface area (TPSA) is 41.9 Å². The van der Waals surface area contributed by atoms with Gasteiger partial charge in [0.25, 0.3) is 5.91 Å². The van der Waals surface area contributed by atoms with Crippen molar-refractivity contribution < 1.29 is 9.53 Å². The average Bonchev–Trinajstić information content (AvgIpc) is 3.19. The van der Waals surface area contributed by atoms with Crippen LogP contribution in [-0.4, -0.2) is 23.7 Å². The zero-order valence-corrected chi connectivity index (χ0v) is 17.0. The molecule has 0 radical (unpaired) electrons. The van der Waals surface area contributed by atoms with E-state index in [4.69, 9.17) is 9.84 Å². The molecule has 28 heavy (non-hydrogen) atoms. The number of hydrazone groups is 1. The van der Waals surface area contributed by atoms with Gasteiger partial charge in [0.1, 0.15) is 5.75 Å². The second kappa shape index (κ2) is 7.98. The zero-order chi connectivity index (χ0) is 19.5. The maximum atomic E-state index is 13.2. The van der Waals surface area contributed by atoms with E-state index < -0.39 is 0 Å². The summed E-state index contributed by atoms with van der Waals surface area (Å²) in [6.45, 7) is 0. The minimum Gasteiger partial charge on any atom is -0.496 e. The van der Waals surface area contributed by atoms with Gasteiger partial charge >= 0.3 is 0 Å². The largest absolute Gasteiger partial charge is 0.496 e. The van der Waals surface area contributed by atoms with Gasteiger partial charge in [-0.25, -0.2) is 5.01 Å². The van der Waals surface area contributed by atoms with Crippen LogP contribution < -0.4 is 4.74 Å². The highest BCUT2D eigenvalue weighted by molar-refractivity contribution is 9.10. The molecule has 0 spiro atoms. The van der Waals surface area contributed by atoms with E-state index in [9.17, 15) is 4.79 Å². The van der Waals surface area contributed by atoms with Gasteiger partial charge in [-0.05, 0) is 42.0 Å². The van der Waals surface area contributed by atoms with Crippen molar-refractivity contribution in [3.05, 3.63) is 100 Å². The number of hydrogen-bond donors (Lipinski definition) is 0. The summed E-state index contributed by atoms with van der Waals surface area (Å²) in [5.41, 5.74) is 3.42. The lowest BCUT2D eigenvalue weighted by molar-refractivity contribution is 0.0711. The average molecular weight is 435 g/mol. The molecule has 1 heterocycles. The molecule has 0 saturated carbocycles. The first kappa shape index (κ1) is 18.4. The molecule has 0 aliphatic carbocycles. The van der Waals surface area contributed by atoms with E-state index in [1.54, 1.807) is 12.1 Å². The Bertz CT molecular complexity index is 1020. The molecule has 5 heteroatoms. The third-order valence-electron chi connectivity index (χ3n) is 4.81. The molecule has 1 amide bonds. The molecule has 0 bridgehead atoms. The highest BCUT2D eigenvalue weighted by Crippen LogP contribution is 2.36. The van der Waals surface area contributed by atoms with Crippen molar-refractivity contribution in [2.75, 3.05) is 7.11 Å². The molecular formula is C23H19BrN2O2. The van der Waals surface area contributed by atoms with Crippen molar-refractivity contribution in [3.8, 4) is 5.75 Å². The molecule has 0 fully saturated rings. The van der Waals surface area contributed by atoms with Crippen molar-refractivity contribution in [2.45, 2.75) is 12.5 Å². The minimum absolute atomic E-state index is 0.113. The highest BCUT2D eigenvalue weighted by Gasteiger charge is 2.34. The smallest absolute Gasteiger partial charge is 0.274 e. The van der Waals surface area contributed by atoms with Gasteiger partial charge in [-0.1, -0.05) is 58.4 Å². The van der Waals surface area contributed by atoms with Crippen LogP contribution in [0.1, 0.15) is 33.9 Å². The van der Waals surface area contributed by atoms with Gasteiger partial charge in [-0.2, -0.15) is 5.10 Å². The number of methoxy groups -OCH3 is 1. The van der Waals surface area contributed by atoms with Crippen LogP contribution in [0.15, 0.2) is 88.4 Å². The van der Waals surface area contributed by atoms with Crippen molar-refractivity contribution >= 4 is 27.5 Å². The molecule has 0 unspecified atom stereocenters. The second-order valence-electron chi connectivity index (χ2n) is 6.53. The van der Waals surface area contributed by atoms with E-state index in [2.05, 4.69) is 15.9 Å². The van der Waals surface area contributed by atoms with E-state index in [-0.39, 0.29) is 11.9 Å². The number of rotatable bonds is 4. The third-order valence-corrected chi connectivity index (χ3v) is 5.34. The lowest BCUT2D eigenvalue weighted by Gasteiger charge is -2.22. The predicted octanol–water partition coefficient (Wildman–Crippen LogP) is 5.45. The lowest BCUT2D eigenvalue weighted by atomic mass is 9.97. The Morgan fingerprint density at radius 2 is 1.68 bits per heavy atom. The standard InChI is InChI=1S/C23H19BrN2O2/c1-28-22-10-6-5-9-19(22)20-15-21(16-11-13-18(24)14-12-16)26(25-20)23(27)17-7-3-2-4-8-17/h2-14,21H,15H2,1H3/t21-/m0/s1. The van der Waals surface area contributed by atoms with E-state index in [1.165, 1.54) is 0 Å². The van der Waals surface area contributed by atoms with Gasteiger partial charge in [0, 0.05) is 22.0 Å². The second-order valence-corrected chi connectivity index (χ2v) is 7.45. The minimum atomic E-state index is -0.166. The number of benzene rings is 3. The quantitative estimate of drug-likeness (QED) is 0.547. The van der Waals surface area contributed by atoms with Crippen LogP contribution in [0.4, 0.5) is 0 Å². The van der Waals surface area contributed by atoms with Gasteiger partial charge < -0.3 is 4.74 Å². The summed E-state index contributed by atoms with van der Waals surface area (Å²) >= 11 is 3.48. The lowest BCUT2D eigenvalue weighted by Crippen LogP contribution is -2.27. The molecule has 0 saturated heterocycles. The summed E-state index contributed by atoms with van der Waals surface area (Å²) < 4.78 is 6.51. The fourth-order valence-electron chi connectivity index (χ4n) is 3.40. The molecule has 1 aliphatic heterocycles. The summed E-state index contributed by atoms with van der Waals surface area (Å²) in [6, 6.07) is 24.9. The molecule has 1 aliphatic rings. The Morgan fingerprint density at radius 1 is 1.00 bits per heavy atom. The first-order valence-electron chi connectivity index (χ1n) is 9.02. The molecular weight excluding hydrogens is 416 g/mol. The van der Waals surface area contributed by atoms with E-state index in [1.807, 2.05) is 78.9 Å². The van der Waals surface area contributed by atoms with Crippen molar-refractivity contribution in [3.63, 3.8) is 0 Å². The molecule has 0 aromatic heterocycles. The summed E-state index contributed by atoms with van der Waals surface area (Å²) in [7, 11) is 1.65. The van der Waals surface area contributed by atoms with Crippen molar-refractivity contribution in [2.24, 2.45) is 5.10 Å². The highest BCUT2D eigenvalue weighted by atomic mass is 79.9. The van der Waals surface area contributed by atoms with E-state index in [0.717, 1.165) is 27.1 Å². The Kier molecular flexibility index (Phi) is 5.26. The number of halogens is 1. The summed E-state index contributed by atoms with van der Waals surface area (Å²) in [5, 5.41) is 6.33. The summed E-state index contributed by atoms with van der Waals surface area (Å²) in [5.74, 6) is 0.642. The van der Waals surface area contributed by atoms with Crippen molar-refractivity contribution in [1.82, 2.24) is 5.01 Å². The maximum Gasteiger partial charge on any atom is 0.274 e. The normalized spacial score (nSPS) is 16.0. The fraction of sp³-hybridized carbons (Fsp3) is 0.130. The fourth-order valence-corrected chi connectivity index (χ4v) is 3.67. The molecule has 1 atom stereocenters. The van der Waals surface area contributed by atoms with Gasteiger partial charge in [0.15, 0.2) is 0 Å². The molecule has 3 aromatic rings. The van der Waals surface area contributed by atoms with Gasteiger partial charge in [0.05, 0.1) is 18.9 Å². The predicted molar refractivity (Wildman–Crippen MR) is 114 cm³/mol. The summed E-state index contributed by atoms with van der Waals surface area (Å²) in [4.78, 5) is 13.2. The number of para-hydroxylation sites is 1. The van der Waals surface area contributed by atoms with Crippen LogP contribution >= 0.6 is 15.9 Å². The molecule has 4 nitrogen and oxygen atoms in total. The Balaban J connectivity index is 1.76. The van der Waals surface area contributed by atoms with Crippen LogP contribution in [0.3, 0.4) is 0 Å². The number of hydrogen-bond acceptors (Lipinski definition) is 3. The van der Waals surface area contributed by atoms with E-state index in [0.29, 0.717) is 12.0 Å². The Hall–Kier alpha value is -2.92. The van der Waals surface area contributed by atoms with Crippen LogP contribution in [0.2, 0.25) is 0 Å². The van der Waals surface area contributed by atoms with Gasteiger partial charge in [0.2, 0.25) is 0 Å². The van der Waals surface area contributed by atoms with Crippen LogP contribution in [0, 0.1) is 0 Å². The molecule has 3 aromatic carbocycles. The summed E-state index contributed by atoms with van der Waals surface area (Å²) in [6.07, 6.45) is 0.626.